The van der Waals surface area contributed by atoms with Gasteiger partial charge in [-0.1, -0.05) is 17.7 Å². The van der Waals surface area contributed by atoms with Crippen LogP contribution in [0.25, 0.3) is 0 Å². The fourth-order valence-corrected chi connectivity index (χ4v) is 1.04. The van der Waals surface area contributed by atoms with E-state index in [0.29, 0.717) is 0 Å². The number of nitrogens with two attached hydrogens (primary N) is 1. The summed E-state index contributed by atoms with van der Waals surface area (Å²) in [6, 6.07) is 0.481. The Hall–Kier alpha value is -0.810. The third-order valence-electron chi connectivity index (χ3n) is 1.48. The molecule has 0 saturated heterocycles. The van der Waals surface area contributed by atoms with Gasteiger partial charge in [0, 0.05) is 11.8 Å². The molecule has 1 heterocycles. The largest absolute Gasteiger partial charge is 0.407 e. The first-order valence-electron chi connectivity index (χ1n) is 3.35. The molecule has 0 saturated carbocycles. The van der Waals surface area contributed by atoms with Crippen molar-refractivity contribution in [2.75, 3.05) is 0 Å². The number of hydrogen-bond acceptors (Lipinski definition) is 2. The third-order valence-corrected chi connectivity index (χ3v) is 1.79. The molecule has 13 heavy (non-hydrogen) atoms. The Morgan fingerprint density at radius 1 is 1.46 bits per heavy atom. The van der Waals surface area contributed by atoms with Gasteiger partial charge in [0.2, 0.25) is 0 Å². The van der Waals surface area contributed by atoms with Crippen molar-refractivity contribution in [1.82, 2.24) is 4.98 Å². The molecule has 1 aromatic heterocycles. The van der Waals surface area contributed by atoms with Gasteiger partial charge in [0.05, 0.1) is 0 Å². The summed E-state index contributed by atoms with van der Waals surface area (Å²) >= 11 is 5.43. The molecule has 0 aliphatic carbocycles. The highest BCUT2D eigenvalue weighted by Gasteiger charge is 2.39. The molecule has 0 spiro atoms. The van der Waals surface area contributed by atoms with Gasteiger partial charge in [0.25, 0.3) is 0 Å². The minimum Gasteiger partial charge on any atom is -0.316 e. The van der Waals surface area contributed by atoms with Crippen molar-refractivity contribution in [3.63, 3.8) is 0 Å². The van der Waals surface area contributed by atoms with Crippen molar-refractivity contribution in [2.45, 2.75) is 12.2 Å². The standard InChI is InChI=1S/C7H6ClF3N2/c8-6-4(2-1-3-13-6)5(12)7(9,10)11/h1-3,5H,12H2/t5-/m0/s1. The van der Waals surface area contributed by atoms with E-state index in [-0.39, 0.29) is 10.7 Å². The first kappa shape index (κ1) is 10.3. The lowest BCUT2D eigenvalue weighted by Gasteiger charge is -2.15. The molecule has 72 valence electrons. The summed E-state index contributed by atoms with van der Waals surface area (Å²) in [6.45, 7) is 0. The van der Waals surface area contributed by atoms with Crippen molar-refractivity contribution in [1.29, 1.82) is 0 Å². The molecule has 1 atom stereocenters. The van der Waals surface area contributed by atoms with Crippen LogP contribution in [0, 0.1) is 0 Å². The van der Waals surface area contributed by atoms with E-state index in [1.54, 1.807) is 0 Å². The Kier molecular flexibility index (Phi) is 2.77. The molecule has 6 heteroatoms. The molecule has 0 bridgehead atoms. The normalized spacial score (nSPS) is 14.2. The SMILES string of the molecule is N[C@@H](c1cccnc1Cl)C(F)(F)F. The van der Waals surface area contributed by atoms with E-state index in [2.05, 4.69) is 4.98 Å². The summed E-state index contributed by atoms with van der Waals surface area (Å²) in [4.78, 5) is 3.50. The number of pyridine rings is 1. The lowest BCUT2D eigenvalue weighted by molar-refractivity contribution is -0.149. The second kappa shape index (κ2) is 3.51. The molecule has 0 aromatic carbocycles. The quantitative estimate of drug-likeness (QED) is 0.723. The van der Waals surface area contributed by atoms with Gasteiger partial charge < -0.3 is 5.73 Å². The highest BCUT2D eigenvalue weighted by Crippen LogP contribution is 2.32. The van der Waals surface area contributed by atoms with Crippen molar-refractivity contribution in [3.05, 3.63) is 29.0 Å². The molecule has 0 amide bonds. The van der Waals surface area contributed by atoms with Crippen LogP contribution in [0.5, 0.6) is 0 Å². The Labute approximate surface area is 77.5 Å². The monoisotopic (exact) mass is 210 g/mol. The molecular formula is C7H6ClF3N2. The number of aromatic nitrogens is 1. The van der Waals surface area contributed by atoms with Crippen LogP contribution in [0.15, 0.2) is 18.3 Å². The van der Waals surface area contributed by atoms with Crippen molar-refractivity contribution in [2.24, 2.45) is 5.73 Å². The summed E-state index contributed by atoms with van der Waals surface area (Å²) in [5.41, 5.74) is 4.71. The molecule has 0 unspecified atom stereocenters. The average Bonchev–Trinajstić information content (AvgIpc) is 2.02. The molecule has 0 radical (unpaired) electrons. The Bertz CT molecular complexity index is 300. The lowest BCUT2D eigenvalue weighted by atomic mass is 10.1. The Morgan fingerprint density at radius 3 is 2.54 bits per heavy atom. The van der Waals surface area contributed by atoms with Gasteiger partial charge in [0.1, 0.15) is 11.2 Å². The van der Waals surface area contributed by atoms with E-state index in [1.807, 2.05) is 0 Å². The van der Waals surface area contributed by atoms with Gasteiger partial charge in [0.15, 0.2) is 0 Å². The number of halogens is 4. The van der Waals surface area contributed by atoms with Crippen LogP contribution in [0.3, 0.4) is 0 Å². The van der Waals surface area contributed by atoms with Gasteiger partial charge in [-0.25, -0.2) is 4.98 Å². The molecule has 0 aliphatic heterocycles. The maximum Gasteiger partial charge on any atom is 0.407 e. The minimum absolute atomic E-state index is 0.211. The van der Waals surface area contributed by atoms with Gasteiger partial charge in [-0.15, -0.1) is 0 Å². The molecule has 2 N–H and O–H groups in total. The fourth-order valence-electron chi connectivity index (χ4n) is 0.807. The topological polar surface area (TPSA) is 38.9 Å². The maximum atomic E-state index is 12.1. The zero-order chi connectivity index (χ0) is 10.1. The summed E-state index contributed by atoms with van der Waals surface area (Å²) in [5, 5.41) is -0.215. The van der Waals surface area contributed by atoms with Crippen LogP contribution in [-0.2, 0) is 0 Å². The Balaban J connectivity index is 3.02. The van der Waals surface area contributed by atoms with E-state index in [1.165, 1.54) is 18.3 Å². The number of alkyl halides is 3. The summed E-state index contributed by atoms with van der Waals surface area (Å²) in [6.07, 6.45) is -3.19. The van der Waals surface area contributed by atoms with E-state index < -0.39 is 12.2 Å². The number of rotatable bonds is 1. The molecule has 1 aromatic rings. The molecular weight excluding hydrogens is 205 g/mol. The number of nitrogens with zero attached hydrogens (tertiary/aromatic N) is 1. The predicted molar refractivity (Wildman–Crippen MR) is 42.2 cm³/mol. The van der Waals surface area contributed by atoms with Crippen molar-refractivity contribution in [3.8, 4) is 0 Å². The zero-order valence-corrected chi connectivity index (χ0v) is 7.10. The Morgan fingerprint density at radius 2 is 2.08 bits per heavy atom. The molecule has 0 aliphatic rings. The predicted octanol–water partition coefficient (Wildman–Crippen LogP) is 2.30. The molecule has 0 fully saturated rings. The molecule has 1 rings (SSSR count). The van der Waals surface area contributed by atoms with Crippen LogP contribution in [0.1, 0.15) is 11.6 Å². The third kappa shape index (κ3) is 2.32. The van der Waals surface area contributed by atoms with E-state index in [0.717, 1.165) is 0 Å². The van der Waals surface area contributed by atoms with Gasteiger partial charge in [-0.2, -0.15) is 13.2 Å². The lowest BCUT2D eigenvalue weighted by Crippen LogP contribution is -2.28. The highest BCUT2D eigenvalue weighted by molar-refractivity contribution is 6.30. The minimum atomic E-state index is -4.49. The maximum absolute atomic E-state index is 12.1. The van der Waals surface area contributed by atoms with Crippen molar-refractivity contribution >= 4 is 11.6 Å². The average molecular weight is 211 g/mol. The zero-order valence-electron chi connectivity index (χ0n) is 6.35. The second-order valence-corrected chi connectivity index (χ2v) is 2.76. The van der Waals surface area contributed by atoms with E-state index >= 15 is 0 Å². The van der Waals surface area contributed by atoms with Gasteiger partial charge in [-0.3, -0.25) is 0 Å². The smallest absolute Gasteiger partial charge is 0.316 e. The number of hydrogen-bond donors (Lipinski definition) is 1. The van der Waals surface area contributed by atoms with Crippen LogP contribution in [-0.4, -0.2) is 11.2 Å². The van der Waals surface area contributed by atoms with E-state index in [9.17, 15) is 13.2 Å². The summed E-state index contributed by atoms with van der Waals surface area (Å²) in [5.74, 6) is 0. The van der Waals surface area contributed by atoms with Gasteiger partial charge in [-0.05, 0) is 6.07 Å². The van der Waals surface area contributed by atoms with Crippen LogP contribution in [0.2, 0.25) is 5.15 Å². The van der Waals surface area contributed by atoms with Crippen molar-refractivity contribution < 1.29 is 13.2 Å². The highest BCUT2D eigenvalue weighted by atomic mass is 35.5. The van der Waals surface area contributed by atoms with Crippen LogP contribution < -0.4 is 5.73 Å². The van der Waals surface area contributed by atoms with E-state index in [4.69, 9.17) is 17.3 Å². The second-order valence-electron chi connectivity index (χ2n) is 2.40. The summed E-state index contributed by atoms with van der Waals surface area (Å²) < 4.78 is 36.3. The van der Waals surface area contributed by atoms with Crippen LogP contribution in [0.4, 0.5) is 13.2 Å². The summed E-state index contributed by atoms with van der Waals surface area (Å²) in [7, 11) is 0. The first-order valence-corrected chi connectivity index (χ1v) is 3.73. The first-order chi connectivity index (χ1) is 5.93. The van der Waals surface area contributed by atoms with Crippen LogP contribution >= 0.6 is 11.6 Å². The van der Waals surface area contributed by atoms with Gasteiger partial charge >= 0.3 is 6.18 Å². The molecule has 2 nitrogen and oxygen atoms in total. The fraction of sp³-hybridized carbons (Fsp3) is 0.286.